The SMILES string of the molecule is O=C1NCC(c2cc(N3CCC(F)(c4ccc(F)cc4)C3)c3nccn3n2)C(=O)N1. The summed E-state index contributed by atoms with van der Waals surface area (Å²) in [5, 5.41) is 9.28. The summed E-state index contributed by atoms with van der Waals surface area (Å²) in [4.78, 5) is 29.8. The summed E-state index contributed by atoms with van der Waals surface area (Å²) in [6.45, 7) is 0.617. The van der Waals surface area contributed by atoms with Crippen LogP contribution in [0.2, 0.25) is 0 Å². The maximum atomic E-state index is 15.7. The Morgan fingerprint density at radius 2 is 2.00 bits per heavy atom. The lowest BCUT2D eigenvalue weighted by Crippen LogP contribution is -2.51. The van der Waals surface area contributed by atoms with Crippen molar-refractivity contribution in [2.45, 2.75) is 18.0 Å². The summed E-state index contributed by atoms with van der Waals surface area (Å²) >= 11 is 0. The van der Waals surface area contributed by atoms with E-state index in [4.69, 9.17) is 0 Å². The maximum absolute atomic E-state index is 15.7. The largest absolute Gasteiger partial charge is 0.365 e. The molecule has 2 atom stereocenters. The zero-order valence-corrected chi connectivity index (χ0v) is 15.8. The summed E-state index contributed by atoms with van der Waals surface area (Å²) in [5.41, 5.74) is 0.441. The number of aromatic nitrogens is 3. The van der Waals surface area contributed by atoms with E-state index in [1.807, 2.05) is 4.90 Å². The van der Waals surface area contributed by atoms with Crippen molar-refractivity contribution in [3.63, 3.8) is 0 Å². The maximum Gasteiger partial charge on any atom is 0.321 e. The number of anilines is 1. The Balaban J connectivity index is 1.50. The lowest BCUT2D eigenvalue weighted by Gasteiger charge is -2.25. The number of carbonyl (C=O) groups is 2. The van der Waals surface area contributed by atoms with Gasteiger partial charge in [-0.1, -0.05) is 12.1 Å². The number of urea groups is 1. The third-order valence-corrected chi connectivity index (χ3v) is 5.66. The first-order chi connectivity index (χ1) is 14.4. The molecule has 2 aromatic heterocycles. The highest BCUT2D eigenvalue weighted by atomic mass is 19.1. The number of benzene rings is 1. The number of halogens is 2. The molecule has 1 aromatic carbocycles. The lowest BCUT2D eigenvalue weighted by molar-refractivity contribution is -0.122. The number of amides is 3. The second-order valence-electron chi connectivity index (χ2n) is 7.55. The van der Waals surface area contributed by atoms with Crippen molar-refractivity contribution in [3.05, 3.63) is 59.8 Å². The van der Waals surface area contributed by atoms with E-state index in [2.05, 4.69) is 20.7 Å². The number of rotatable bonds is 3. The molecule has 5 rings (SSSR count). The van der Waals surface area contributed by atoms with Gasteiger partial charge in [-0.05, 0) is 23.8 Å². The predicted molar refractivity (Wildman–Crippen MR) is 103 cm³/mol. The number of nitrogens with one attached hydrogen (secondary N) is 2. The Morgan fingerprint density at radius 3 is 2.77 bits per heavy atom. The van der Waals surface area contributed by atoms with Gasteiger partial charge in [0.05, 0.1) is 23.8 Å². The quantitative estimate of drug-likeness (QED) is 0.685. The molecule has 2 N–H and O–H groups in total. The number of hydrogen-bond acceptors (Lipinski definition) is 5. The number of alkyl halides is 1. The van der Waals surface area contributed by atoms with Gasteiger partial charge in [0.1, 0.15) is 5.82 Å². The Kier molecular flexibility index (Phi) is 4.16. The Bertz CT molecular complexity index is 1150. The van der Waals surface area contributed by atoms with Crippen molar-refractivity contribution < 1.29 is 18.4 Å². The van der Waals surface area contributed by atoms with Gasteiger partial charge in [0.2, 0.25) is 5.91 Å². The zero-order chi connectivity index (χ0) is 20.9. The molecule has 8 nitrogen and oxygen atoms in total. The monoisotopic (exact) mass is 412 g/mol. The van der Waals surface area contributed by atoms with E-state index in [9.17, 15) is 14.0 Å². The van der Waals surface area contributed by atoms with Gasteiger partial charge in [0, 0.05) is 31.9 Å². The molecule has 0 radical (unpaired) electrons. The summed E-state index contributed by atoms with van der Waals surface area (Å²) in [6.07, 6.45) is 3.47. The normalized spacial score (nSPS) is 24.2. The molecule has 154 valence electrons. The van der Waals surface area contributed by atoms with E-state index in [1.54, 1.807) is 23.0 Å². The van der Waals surface area contributed by atoms with Crippen molar-refractivity contribution in [2.24, 2.45) is 0 Å². The van der Waals surface area contributed by atoms with E-state index < -0.39 is 29.3 Å². The van der Waals surface area contributed by atoms with Crippen LogP contribution in [0, 0.1) is 5.82 Å². The molecule has 0 saturated carbocycles. The van der Waals surface area contributed by atoms with E-state index >= 15 is 4.39 Å². The van der Waals surface area contributed by atoms with Crippen LogP contribution in [0.15, 0.2) is 42.7 Å². The Morgan fingerprint density at radius 1 is 1.20 bits per heavy atom. The second kappa shape index (κ2) is 6.75. The fraction of sp³-hybridized carbons (Fsp3) is 0.300. The van der Waals surface area contributed by atoms with Crippen molar-refractivity contribution in [2.75, 3.05) is 24.5 Å². The Hall–Kier alpha value is -3.56. The van der Waals surface area contributed by atoms with Gasteiger partial charge < -0.3 is 10.2 Å². The van der Waals surface area contributed by atoms with Crippen LogP contribution in [-0.2, 0) is 10.5 Å². The molecule has 2 aliphatic heterocycles. The third-order valence-electron chi connectivity index (χ3n) is 5.66. The van der Waals surface area contributed by atoms with E-state index in [0.29, 0.717) is 29.1 Å². The van der Waals surface area contributed by atoms with Gasteiger partial charge in [-0.2, -0.15) is 5.10 Å². The minimum absolute atomic E-state index is 0.0677. The van der Waals surface area contributed by atoms with Gasteiger partial charge in [-0.25, -0.2) is 23.1 Å². The number of nitrogens with zero attached hydrogens (tertiary/aromatic N) is 4. The lowest BCUT2D eigenvalue weighted by atomic mass is 9.95. The van der Waals surface area contributed by atoms with Crippen molar-refractivity contribution in [3.8, 4) is 0 Å². The van der Waals surface area contributed by atoms with Crippen LogP contribution in [0.5, 0.6) is 0 Å². The first kappa shape index (κ1) is 18.5. The average molecular weight is 412 g/mol. The number of carbonyl (C=O) groups excluding carboxylic acids is 2. The fourth-order valence-electron chi connectivity index (χ4n) is 4.05. The molecule has 3 amide bonds. The summed E-state index contributed by atoms with van der Waals surface area (Å²) in [5.74, 6) is -1.51. The van der Waals surface area contributed by atoms with Gasteiger partial charge in [-0.3, -0.25) is 10.1 Å². The van der Waals surface area contributed by atoms with Crippen LogP contribution in [0.1, 0.15) is 23.6 Å². The molecule has 3 aromatic rings. The van der Waals surface area contributed by atoms with Crippen LogP contribution in [0.25, 0.3) is 5.65 Å². The molecular formula is C20H18F2N6O2. The molecule has 30 heavy (non-hydrogen) atoms. The molecule has 0 bridgehead atoms. The van der Waals surface area contributed by atoms with Crippen LogP contribution < -0.4 is 15.5 Å². The zero-order valence-electron chi connectivity index (χ0n) is 15.8. The molecule has 2 unspecified atom stereocenters. The first-order valence-corrected chi connectivity index (χ1v) is 9.56. The first-order valence-electron chi connectivity index (χ1n) is 9.56. The van der Waals surface area contributed by atoms with E-state index in [-0.39, 0.29) is 19.5 Å². The van der Waals surface area contributed by atoms with Crippen LogP contribution >= 0.6 is 0 Å². The predicted octanol–water partition coefficient (Wildman–Crippen LogP) is 1.87. The van der Waals surface area contributed by atoms with Gasteiger partial charge in [0.25, 0.3) is 0 Å². The van der Waals surface area contributed by atoms with Crippen molar-refractivity contribution >= 4 is 23.3 Å². The van der Waals surface area contributed by atoms with Gasteiger partial charge in [0.15, 0.2) is 11.3 Å². The molecule has 2 fully saturated rings. The van der Waals surface area contributed by atoms with Crippen molar-refractivity contribution in [1.82, 2.24) is 25.2 Å². The van der Waals surface area contributed by atoms with Gasteiger partial charge in [-0.15, -0.1) is 0 Å². The molecular weight excluding hydrogens is 394 g/mol. The summed E-state index contributed by atoms with van der Waals surface area (Å²) < 4.78 is 30.5. The van der Waals surface area contributed by atoms with Crippen LogP contribution in [-0.4, -0.2) is 46.2 Å². The summed E-state index contributed by atoms with van der Waals surface area (Å²) in [6, 6.07) is 6.63. The van der Waals surface area contributed by atoms with Crippen LogP contribution in [0.4, 0.5) is 19.3 Å². The highest BCUT2D eigenvalue weighted by Gasteiger charge is 2.41. The second-order valence-corrected chi connectivity index (χ2v) is 7.55. The fourth-order valence-corrected chi connectivity index (χ4v) is 4.05. The molecule has 2 aliphatic rings. The molecule has 4 heterocycles. The molecule has 0 aliphatic carbocycles. The topological polar surface area (TPSA) is 91.6 Å². The van der Waals surface area contributed by atoms with E-state index in [0.717, 1.165) is 0 Å². The highest BCUT2D eigenvalue weighted by Crippen LogP contribution is 2.39. The van der Waals surface area contributed by atoms with E-state index in [1.165, 1.54) is 24.3 Å². The smallest absolute Gasteiger partial charge is 0.321 e. The minimum atomic E-state index is -1.63. The van der Waals surface area contributed by atoms with Gasteiger partial charge >= 0.3 is 6.03 Å². The van der Waals surface area contributed by atoms with Crippen LogP contribution in [0.3, 0.4) is 0 Å². The summed E-state index contributed by atoms with van der Waals surface area (Å²) in [7, 11) is 0. The average Bonchev–Trinajstić information content (AvgIpc) is 3.35. The Labute approximate surface area is 169 Å². The van der Waals surface area contributed by atoms with Crippen molar-refractivity contribution in [1.29, 1.82) is 0 Å². The number of imidazole rings is 1. The minimum Gasteiger partial charge on any atom is -0.365 e. The number of imide groups is 1. The molecule has 2 saturated heterocycles. The standard InChI is InChI=1S/C20H18F2N6O2/c21-13-3-1-12(2-4-13)20(22)5-7-27(11-20)16-9-15(26-28-8-6-23-17(16)28)14-10-24-19(30)25-18(14)29/h1-4,6,8-9,14H,5,7,10-11H2,(H2,24,25,29,30). The molecule has 0 spiro atoms. The number of fused-ring (bicyclic) bond motifs is 1. The molecule has 10 heteroatoms. The highest BCUT2D eigenvalue weighted by molar-refractivity contribution is 6.00. The third kappa shape index (κ3) is 3.04. The number of hydrogen-bond donors (Lipinski definition) is 2.